The molecule has 1 aliphatic heterocycles. The van der Waals surface area contributed by atoms with E-state index in [0.717, 1.165) is 70.6 Å². The highest BCUT2D eigenvalue weighted by Gasteiger charge is 2.44. The molecule has 1 heterocycles. The highest BCUT2D eigenvalue weighted by Crippen LogP contribution is 2.23. The number of unbranched alkanes of at least 4 members (excludes halogenated alkanes) is 22. The van der Waals surface area contributed by atoms with Gasteiger partial charge in [-0.2, -0.15) is 0 Å². The molecule has 380 valence electrons. The molecule has 0 radical (unpaired) electrons. The molecule has 0 aromatic heterocycles. The normalized spacial score (nSPS) is 20.5. The van der Waals surface area contributed by atoms with E-state index in [0.29, 0.717) is 6.42 Å². The SMILES string of the molecule is CC/C=C\C/C=C\C/C=C\C/C=C\C/C=C\CCCCCCCCCCCCCCCCCC(=O)NC(COC1OC(CO)C(O)C(O)C1O)C(O)/C=C/CC/C=C/CCCCCCCC. The first-order chi connectivity index (χ1) is 32.3. The molecule has 9 heteroatoms. The number of aliphatic hydroxyl groups excluding tert-OH is 5. The van der Waals surface area contributed by atoms with E-state index in [4.69, 9.17) is 9.47 Å². The minimum Gasteiger partial charge on any atom is -0.394 e. The summed E-state index contributed by atoms with van der Waals surface area (Å²) in [7, 11) is 0. The van der Waals surface area contributed by atoms with Crippen LogP contribution < -0.4 is 5.32 Å². The fourth-order valence-corrected chi connectivity index (χ4v) is 7.96. The predicted octanol–water partition coefficient (Wildman–Crippen LogP) is 12.7. The van der Waals surface area contributed by atoms with Gasteiger partial charge in [0.2, 0.25) is 5.91 Å². The number of hydrogen-bond acceptors (Lipinski definition) is 8. The van der Waals surface area contributed by atoms with Crippen molar-refractivity contribution in [3.05, 3.63) is 85.1 Å². The van der Waals surface area contributed by atoms with Crippen molar-refractivity contribution < 1.29 is 39.8 Å². The number of carbonyl (C=O) groups is 1. The number of rotatable bonds is 44. The number of ether oxygens (including phenoxy) is 2. The second-order valence-electron chi connectivity index (χ2n) is 18.3. The molecule has 9 nitrogen and oxygen atoms in total. The van der Waals surface area contributed by atoms with Gasteiger partial charge in [-0.05, 0) is 77.0 Å². The summed E-state index contributed by atoms with van der Waals surface area (Å²) in [6.45, 7) is 3.62. The molecule has 0 aliphatic carbocycles. The Morgan fingerprint density at radius 2 is 0.955 bits per heavy atom. The molecule has 1 aliphatic rings. The Kier molecular flexibility index (Phi) is 42.9. The van der Waals surface area contributed by atoms with E-state index >= 15 is 0 Å². The zero-order valence-corrected chi connectivity index (χ0v) is 41.9. The van der Waals surface area contributed by atoms with Crippen molar-refractivity contribution in [2.45, 2.75) is 256 Å². The van der Waals surface area contributed by atoms with Gasteiger partial charge < -0.3 is 40.3 Å². The Bertz CT molecular complexity index is 1300. The number of hydrogen-bond donors (Lipinski definition) is 6. The number of nitrogens with one attached hydrogen (secondary N) is 1. The molecular formula is C57H99NO8. The molecule has 0 aromatic rings. The van der Waals surface area contributed by atoms with E-state index in [1.165, 1.54) is 122 Å². The average molecular weight is 926 g/mol. The predicted molar refractivity (Wildman–Crippen MR) is 276 cm³/mol. The van der Waals surface area contributed by atoms with Gasteiger partial charge in [-0.15, -0.1) is 0 Å². The van der Waals surface area contributed by atoms with E-state index < -0.39 is 49.5 Å². The summed E-state index contributed by atoms with van der Waals surface area (Å²) in [5.74, 6) is -0.191. The van der Waals surface area contributed by atoms with Crippen LogP contribution in [0.3, 0.4) is 0 Å². The zero-order chi connectivity index (χ0) is 48.0. The van der Waals surface area contributed by atoms with Crippen molar-refractivity contribution in [1.29, 1.82) is 0 Å². The summed E-state index contributed by atoms with van der Waals surface area (Å²) in [5.41, 5.74) is 0. The van der Waals surface area contributed by atoms with Gasteiger partial charge in [0.15, 0.2) is 6.29 Å². The van der Waals surface area contributed by atoms with Crippen LogP contribution in [0.15, 0.2) is 85.1 Å². The van der Waals surface area contributed by atoms with E-state index in [9.17, 15) is 30.3 Å². The van der Waals surface area contributed by atoms with Crippen LogP contribution in [0.25, 0.3) is 0 Å². The third-order valence-electron chi connectivity index (χ3n) is 12.2. The van der Waals surface area contributed by atoms with Gasteiger partial charge >= 0.3 is 0 Å². The molecule has 7 unspecified atom stereocenters. The van der Waals surface area contributed by atoms with Gasteiger partial charge in [0.1, 0.15) is 24.4 Å². The van der Waals surface area contributed by atoms with Crippen molar-refractivity contribution in [2.24, 2.45) is 0 Å². The Hall–Kier alpha value is -2.63. The van der Waals surface area contributed by atoms with E-state index in [1.54, 1.807) is 6.08 Å². The molecular weight excluding hydrogens is 827 g/mol. The maximum absolute atomic E-state index is 13.0. The quantitative estimate of drug-likeness (QED) is 0.0261. The molecule has 0 spiro atoms. The fourth-order valence-electron chi connectivity index (χ4n) is 7.96. The standard InChI is InChI=1S/C57H99NO8/c1-3-5-7-9-11-13-15-17-18-19-20-21-22-23-24-25-26-27-28-29-30-31-32-33-34-35-37-39-41-43-45-47-53(61)58-50(49-65-57-56(64)55(63)54(62)52(48-59)66-57)51(60)46-44-42-40-38-36-16-14-12-10-8-6-4-2/h5,7,11,13,17-18,20-21,23-24,36,38,44,46,50-52,54-57,59-60,62-64H,3-4,6,8-10,12,14-16,19,22,25-35,37,39-43,45,47-49H2,1-2H3,(H,58,61)/b7-5-,13-11-,18-17-,21-20-,24-23-,38-36+,46-44+. The first-order valence-electron chi connectivity index (χ1n) is 26.8. The van der Waals surface area contributed by atoms with Crippen LogP contribution in [0.5, 0.6) is 0 Å². The van der Waals surface area contributed by atoms with Crippen molar-refractivity contribution in [1.82, 2.24) is 5.32 Å². The van der Waals surface area contributed by atoms with Crippen LogP contribution in [0.2, 0.25) is 0 Å². The average Bonchev–Trinajstić information content (AvgIpc) is 3.32. The monoisotopic (exact) mass is 926 g/mol. The van der Waals surface area contributed by atoms with Gasteiger partial charge in [0.05, 0.1) is 25.4 Å². The van der Waals surface area contributed by atoms with Crippen LogP contribution in [-0.2, 0) is 14.3 Å². The fraction of sp³-hybridized carbons (Fsp3) is 0.737. The molecule has 0 saturated carbocycles. The van der Waals surface area contributed by atoms with Crippen molar-refractivity contribution >= 4 is 5.91 Å². The first-order valence-corrected chi connectivity index (χ1v) is 26.8. The minimum atomic E-state index is -1.57. The van der Waals surface area contributed by atoms with Gasteiger partial charge in [0.25, 0.3) is 0 Å². The molecule has 6 N–H and O–H groups in total. The van der Waals surface area contributed by atoms with E-state index in [2.05, 4.69) is 92.1 Å². The van der Waals surface area contributed by atoms with Gasteiger partial charge in [-0.25, -0.2) is 0 Å². The lowest BCUT2D eigenvalue weighted by Crippen LogP contribution is -2.60. The Labute approximate surface area is 403 Å². The molecule has 66 heavy (non-hydrogen) atoms. The summed E-state index contributed by atoms with van der Waals surface area (Å²) >= 11 is 0. The smallest absolute Gasteiger partial charge is 0.220 e. The van der Waals surface area contributed by atoms with Crippen molar-refractivity contribution in [2.75, 3.05) is 13.2 Å². The van der Waals surface area contributed by atoms with Crippen LogP contribution in [0.4, 0.5) is 0 Å². The maximum Gasteiger partial charge on any atom is 0.220 e. The van der Waals surface area contributed by atoms with Crippen molar-refractivity contribution in [3.8, 4) is 0 Å². The van der Waals surface area contributed by atoms with E-state index in [1.807, 2.05) is 6.08 Å². The minimum absolute atomic E-state index is 0.191. The van der Waals surface area contributed by atoms with Gasteiger partial charge in [0, 0.05) is 6.42 Å². The summed E-state index contributed by atoms with van der Waals surface area (Å²) in [5, 5.41) is 54.2. The topological polar surface area (TPSA) is 149 Å². The van der Waals surface area contributed by atoms with E-state index in [-0.39, 0.29) is 12.5 Å². The molecule has 0 bridgehead atoms. The number of amides is 1. The van der Waals surface area contributed by atoms with Crippen LogP contribution >= 0.6 is 0 Å². The van der Waals surface area contributed by atoms with Crippen LogP contribution in [-0.4, -0.2) is 87.5 Å². The number of aliphatic hydroxyl groups is 5. The highest BCUT2D eigenvalue weighted by atomic mass is 16.7. The zero-order valence-electron chi connectivity index (χ0n) is 41.9. The third-order valence-corrected chi connectivity index (χ3v) is 12.2. The van der Waals surface area contributed by atoms with Gasteiger partial charge in [-0.1, -0.05) is 214 Å². The molecule has 1 saturated heterocycles. The Morgan fingerprint density at radius 3 is 1.45 bits per heavy atom. The Balaban J connectivity index is 2.17. The maximum atomic E-state index is 13.0. The molecule has 1 fully saturated rings. The van der Waals surface area contributed by atoms with Crippen LogP contribution in [0.1, 0.15) is 213 Å². The Morgan fingerprint density at radius 1 is 0.530 bits per heavy atom. The molecule has 1 amide bonds. The van der Waals surface area contributed by atoms with Gasteiger partial charge in [-0.3, -0.25) is 4.79 Å². The summed E-state index contributed by atoms with van der Waals surface area (Å²) in [4.78, 5) is 13.0. The molecule has 1 rings (SSSR count). The lowest BCUT2D eigenvalue weighted by molar-refractivity contribution is -0.302. The lowest BCUT2D eigenvalue weighted by atomic mass is 9.99. The molecule has 7 atom stereocenters. The highest BCUT2D eigenvalue weighted by molar-refractivity contribution is 5.76. The summed E-state index contributed by atoms with van der Waals surface area (Å²) in [6.07, 6.45) is 57.9. The lowest BCUT2D eigenvalue weighted by Gasteiger charge is -2.40. The number of allylic oxidation sites excluding steroid dienone is 13. The first kappa shape index (κ1) is 61.4. The number of carbonyl (C=O) groups excluding carboxylic acids is 1. The largest absolute Gasteiger partial charge is 0.394 e. The van der Waals surface area contributed by atoms with Crippen molar-refractivity contribution in [3.63, 3.8) is 0 Å². The summed E-state index contributed by atoms with van der Waals surface area (Å²) < 4.78 is 11.2. The second kappa shape index (κ2) is 46.1. The second-order valence-corrected chi connectivity index (χ2v) is 18.3. The summed E-state index contributed by atoms with van der Waals surface area (Å²) in [6, 6.07) is -0.824. The van der Waals surface area contributed by atoms with Crippen LogP contribution in [0, 0.1) is 0 Å². The molecule has 0 aromatic carbocycles. The third kappa shape index (κ3) is 35.5.